The molecule has 1 aliphatic heterocycles. The molecule has 3 rings (SSSR count). The number of carbonyl (C=O) groups excluding carboxylic acids is 2. The van der Waals surface area contributed by atoms with Gasteiger partial charge in [0.15, 0.2) is 0 Å². The smallest absolute Gasteiger partial charge is 0.343 e. The maximum atomic E-state index is 12.2. The van der Waals surface area contributed by atoms with E-state index < -0.39 is 0 Å². The second-order valence-electron chi connectivity index (χ2n) is 6.31. The van der Waals surface area contributed by atoms with Gasteiger partial charge in [0, 0.05) is 18.7 Å². The summed E-state index contributed by atoms with van der Waals surface area (Å²) in [5.74, 6) is 0.666. The van der Waals surface area contributed by atoms with Crippen LogP contribution in [-0.2, 0) is 4.79 Å². The van der Waals surface area contributed by atoms with E-state index >= 15 is 0 Å². The third kappa shape index (κ3) is 3.48. The highest BCUT2D eigenvalue weighted by molar-refractivity contribution is 5.95. The van der Waals surface area contributed by atoms with Crippen LogP contribution in [0.1, 0.15) is 48.5 Å². The van der Waals surface area contributed by atoms with Crippen molar-refractivity contribution in [3.05, 3.63) is 59.7 Å². The van der Waals surface area contributed by atoms with Crippen molar-refractivity contribution < 1.29 is 14.3 Å². The van der Waals surface area contributed by atoms with E-state index in [-0.39, 0.29) is 11.9 Å². The zero-order valence-corrected chi connectivity index (χ0v) is 14.0. The molecule has 124 valence electrons. The van der Waals surface area contributed by atoms with Crippen LogP contribution in [0.4, 0.5) is 5.69 Å². The van der Waals surface area contributed by atoms with Crippen LogP contribution in [0.3, 0.4) is 0 Å². The van der Waals surface area contributed by atoms with E-state index in [1.807, 2.05) is 24.3 Å². The second kappa shape index (κ2) is 6.87. The first-order chi connectivity index (χ1) is 11.5. The molecular formula is C20H21NO3. The zero-order valence-electron chi connectivity index (χ0n) is 14.0. The first-order valence-corrected chi connectivity index (χ1v) is 8.27. The average Bonchev–Trinajstić information content (AvgIpc) is 3.01. The lowest BCUT2D eigenvalue weighted by Gasteiger charge is -2.15. The molecule has 0 saturated carbocycles. The Morgan fingerprint density at radius 3 is 2.25 bits per heavy atom. The fourth-order valence-electron chi connectivity index (χ4n) is 2.79. The van der Waals surface area contributed by atoms with Gasteiger partial charge < -0.3 is 9.64 Å². The van der Waals surface area contributed by atoms with Crippen molar-refractivity contribution in [3.63, 3.8) is 0 Å². The van der Waals surface area contributed by atoms with Crippen LogP contribution in [-0.4, -0.2) is 18.4 Å². The van der Waals surface area contributed by atoms with Crippen LogP contribution in [0.5, 0.6) is 5.75 Å². The molecule has 0 radical (unpaired) electrons. The largest absolute Gasteiger partial charge is 0.423 e. The number of ether oxygens (including phenoxy) is 1. The Kier molecular flexibility index (Phi) is 4.65. The molecule has 1 saturated heterocycles. The Hall–Kier alpha value is -2.62. The molecule has 0 unspecified atom stereocenters. The van der Waals surface area contributed by atoms with Gasteiger partial charge in [-0.25, -0.2) is 4.79 Å². The summed E-state index contributed by atoms with van der Waals surface area (Å²) in [6, 6.07) is 14.5. The van der Waals surface area contributed by atoms with E-state index in [2.05, 4.69) is 13.8 Å². The Balaban J connectivity index is 1.67. The van der Waals surface area contributed by atoms with Crippen molar-refractivity contribution in [2.75, 3.05) is 11.4 Å². The summed E-state index contributed by atoms with van der Waals surface area (Å²) in [5, 5.41) is 0. The summed E-state index contributed by atoms with van der Waals surface area (Å²) >= 11 is 0. The van der Waals surface area contributed by atoms with Crippen molar-refractivity contribution in [2.24, 2.45) is 0 Å². The number of benzene rings is 2. The lowest BCUT2D eigenvalue weighted by molar-refractivity contribution is -0.117. The molecule has 0 N–H and O–H groups in total. The molecule has 1 amide bonds. The number of hydrogen-bond acceptors (Lipinski definition) is 3. The molecule has 1 heterocycles. The molecule has 24 heavy (non-hydrogen) atoms. The van der Waals surface area contributed by atoms with Gasteiger partial charge in [-0.15, -0.1) is 0 Å². The van der Waals surface area contributed by atoms with Gasteiger partial charge in [-0.1, -0.05) is 26.0 Å². The number of hydrogen-bond donors (Lipinski definition) is 0. The topological polar surface area (TPSA) is 46.6 Å². The molecule has 2 aromatic carbocycles. The maximum absolute atomic E-state index is 12.2. The molecule has 0 bridgehead atoms. The number of amides is 1. The maximum Gasteiger partial charge on any atom is 0.343 e. The third-order valence-electron chi connectivity index (χ3n) is 4.25. The Labute approximate surface area is 142 Å². The van der Waals surface area contributed by atoms with Gasteiger partial charge in [0.1, 0.15) is 5.75 Å². The predicted molar refractivity (Wildman–Crippen MR) is 93.5 cm³/mol. The minimum atomic E-state index is -0.379. The van der Waals surface area contributed by atoms with Gasteiger partial charge in [-0.05, 0) is 54.3 Å². The molecule has 4 nitrogen and oxygen atoms in total. The highest BCUT2D eigenvalue weighted by Gasteiger charge is 2.21. The fraction of sp³-hybridized carbons (Fsp3) is 0.300. The fourth-order valence-corrected chi connectivity index (χ4v) is 2.79. The van der Waals surface area contributed by atoms with E-state index in [0.29, 0.717) is 23.7 Å². The van der Waals surface area contributed by atoms with E-state index in [1.54, 1.807) is 29.2 Å². The summed E-state index contributed by atoms with van der Waals surface area (Å²) in [6.07, 6.45) is 1.49. The van der Waals surface area contributed by atoms with Crippen LogP contribution in [0.2, 0.25) is 0 Å². The van der Waals surface area contributed by atoms with Gasteiger partial charge >= 0.3 is 5.97 Å². The number of carbonyl (C=O) groups is 2. The Bertz CT molecular complexity index is 732. The lowest BCUT2D eigenvalue weighted by Crippen LogP contribution is -2.23. The molecule has 4 heteroatoms. The van der Waals surface area contributed by atoms with Crippen LogP contribution < -0.4 is 9.64 Å². The number of rotatable bonds is 4. The van der Waals surface area contributed by atoms with E-state index in [9.17, 15) is 9.59 Å². The first-order valence-electron chi connectivity index (χ1n) is 8.27. The molecular weight excluding hydrogens is 302 g/mol. The van der Waals surface area contributed by atoms with E-state index in [4.69, 9.17) is 4.74 Å². The van der Waals surface area contributed by atoms with E-state index in [1.165, 1.54) is 5.56 Å². The predicted octanol–water partition coefficient (Wildman–Crippen LogP) is 4.16. The number of esters is 1. The molecule has 1 aliphatic rings. The van der Waals surface area contributed by atoms with Crippen molar-refractivity contribution in [1.29, 1.82) is 0 Å². The number of anilines is 1. The van der Waals surface area contributed by atoms with E-state index in [0.717, 1.165) is 18.7 Å². The Morgan fingerprint density at radius 2 is 1.71 bits per heavy atom. The molecule has 1 fully saturated rings. The Morgan fingerprint density at radius 1 is 1.04 bits per heavy atom. The van der Waals surface area contributed by atoms with Crippen LogP contribution in [0.25, 0.3) is 0 Å². The minimum absolute atomic E-state index is 0.144. The van der Waals surface area contributed by atoms with Gasteiger partial charge in [0.25, 0.3) is 0 Å². The SMILES string of the molecule is CC(C)c1ccc(C(=O)Oc2ccc(N3CCCC3=O)cc2)cc1. The summed E-state index contributed by atoms with van der Waals surface area (Å²) < 4.78 is 5.40. The second-order valence-corrected chi connectivity index (χ2v) is 6.31. The average molecular weight is 323 g/mol. The van der Waals surface area contributed by atoms with Gasteiger partial charge in [-0.3, -0.25) is 4.79 Å². The van der Waals surface area contributed by atoms with Crippen molar-refractivity contribution in [3.8, 4) is 5.75 Å². The van der Waals surface area contributed by atoms with Crippen molar-refractivity contribution in [1.82, 2.24) is 0 Å². The van der Waals surface area contributed by atoms with Crippen LogP contribution in [0, 0.1) is 0 Å². The van der Waals surface area contributed by atoms with Gasteiger partial charge in [0.2, 0.25) is 5.91 Å². The standard InChI is InChI=1S/C20H21NO3/c1-14(2)15-5-7-16(8-6-15)20(23)24-18-11-9-17(10-12-18)21-13-3-4-19(21)22/h5-12,14H,3-4,13H2,1-2H3. The highest BCUT2D eigenvalue weighted by Crippen LogP contribution is 2.24. The normalized spacial score (nSPS) is 14.3. The lowest BCUT2D eigenvalue weighted by atomic mass is 10.0. The van der Waals surface area contributed by atoms with Crippen LogP contribution >= 0.6 is 0 Å². The molecule has 0 aromatic heterocycles. The third-order valence-corrected chi connectivity index (χ3v) is 4.25. The van der Waals surface area contributed by atoms with Crippen LogP contribution in [0.15, 0.2) is 48.5 Å². The van der Waals surface area contributed by atoms with Gasteiger partial charge in [0.05, 0.1) is 5.56 Å². The number of nitrogens with zero attached hydrogens (tertiary/aromatic N) is 1. The van der Waals surface area contributed by atoms with Gasteiger partial charge in [-0.2, -0.15) is 0 Å². The molecule has 2 aromatic rings. The summed E-state index contributed by atoms with van der Waals surface area (Å²) in [6.45, 7) is 4.97. The van der Waals surface area contributed by atoms with Crippen molar-refractivity contribution in [2.45, 2.75) is 32.6 Å². The zero-order chi connectivity index (χ0) is 17.1. The summed E-state index contributed by atoms with van der Waals surface area (Å²) in [7, 11) is 0. The first kappa shape index (κ1) is 16.2. The van der Waals surface area contributed by atoms with Crippen molar-refractivity contribution >= 4 is 17.6 Å². The monoisotopic (exact) mass is 323 g/mol. The molecule has 0 atom stereocenters. The highest BCUT2D eigenvalue weighted by atomic mass is 16.5. The summed E-state index contributed by atoms with van der Waals surface area (Å²) in [4.78, 5) is 25.7. The minimum Gasteiger partial charge on any atom is -0.423 e. The molecule has 0 spiro atoms. The quantitative estimate of drug-likeness (QED) is 0.627. The summed E-state index contributed by atoms with van der Waals surface area (Å²) in [5.41, 5.74) is 2.56. The molecule has 0 aliphatic carbocycles.